The van der Waals surface area contributed by atoms with Crippen molar-refractivity contribution in [3.05, 3.63) is 17.5 Å². The van der Waals surface area contributed by atoms with E-state index in [2.05, 4.69) is 46.2 Å². The predicted octanol–water partition coefficient (Wildman–Crippen LogP) is 3.41. The summed E-state index contributed by atoms with van der Waals surface area (Å²) in [5, 5.41) is 4.73. The van der Waals surface area contributed by atoms with Gasteiger partial charge in [0.05, 0.1) is 12.2 Å². The number of rotatable bonds is 1. The lowest BCUT2D eigenvalue weighted by Crippen LogP contribution is -2.38. The molecule has 1 atom stereocenters. The first-order chi connectivity index (χ1) is 10.4. The Hall–Kier alpha value is -1.52. The Morgan fingerprint density at radius 2 is 1.78 bits per heavy atom. The molecule has 0 bridgehead atoms. The Morgan fingerprint density at radius 1 is 1.17 bits per heavy atom. The molecule has 1 fully saturated rings. The maximum atomic E-state index is 12.2. The van der Waals surface area contributed by atoms with E-state index in [1.165, 1.54) is 11.3 Å². The van der Waals surface area contributed by atoms with Gasteiger partial charge in [-0.15, -0.1) is 0 Å². The Balaban J connectivity index is 2.35. The van der Waals surface area contributed by atoms with Crippen molar-refractivity contribution in [1.29, 1.82) is 0 Å². The highest BCUT2D eigenvalue weighted by Crippen LogP contribution is 2.36. The highest BCUT2D eigenvalue weighted by atomic mass is 16.2. The van der Waals surface area contributed by atoms with Crippen LogP contribution < -0.4 is 0 Å². The lowest BCUT2D eigenvalue weighted by Gasteiger charge is -2.29. The number of hydrogen-bond donors (Lipinski definition) is 0. The van der Waals surface area contributed by atoms with Crippen LogP contribution in [0.2, 0.25) is 0 Å². The third kappa shape index (κ3) is 3.54. The highest BCUT2D eigenvalue weighted by molar-refractivity contribution is 5.74. The quantitative estimate of drug-likeness (QED) is 0.796. The van der Waals surface area contributed by atoms with E-state index in [4.69, 9.17) is 5.10 Å². The first-order valence-corrected chi connectivity index (χ1v) is 8.47. The monoisotopic (exact) mass is 320 g/mol. The molecule has 0 aliphatic carbocycles. The second-order valence-electron chi connectivity index (χ2n) is 8.92. The number of likely N-dealkylation sites (tertiary alicyclic amines) is 1. The van der Waals surface area contributed by atoms with Crippen LogP contribution in [0.5, 0.6) is 0 Å². The molecule has 2 amide bonds. The van der Waals surface area contributed by atoms with E-state index >= 15 is 0 Å². The fourth-order valence-corrected chi connectivity index (χ4v) is 3.33. The van der Waals surface area contributed by atoms with E-state index in [9.17, 15) is 4.79 Å². The SMILES string of the molecule is CN(C)C(=O)N1CCC(n2ncc(C(C)(C)C)c2C(C)(C)C)C1. The number of carbonyl (C=O) groups is 1. The smallest absolute Gasteiger partial charge is 0.319 e. The molecular formula is C18H32N4O. The van der Waals surface area contributed by atoms with Crippen molar-refractivity contribution in [3.8, 4) is 0 Å². The molecule has 0 saturated carbocycles. The van der Waals surface area contributed by atoms with E-state index < -0.39 is 0 Å². The van der Waals surface area contributed by atoms with Crippen LogP contribution in [0.15, 0.2) is 6.20 Å². The van der Waals surface area contributed by atoms with Crippen molar-refractivity contribution in [2.45, 2.75) is 64.8 Å². The van der Waals surface area contributed by atoms with Gasteiger partial charge in [-0.1, -0.05) is 41.5 Å². The molecule has 2 rings (SSSR count). The van der Waals surface area contributed by atoms with E-state index in [0.717, 1.165) is 19.5 Å². The summed E-state index contributed by atoms with van der Waals surface area (Å²) in [6, 6.07) is 0.359. The van der Waals surface area contributed by atoms with Crippen molar-refractivity contribution in [3.63, 3.8) is 0 Å². The average molecular weight is 320 g/mol. The van der Waals surface area contributed by atoms with Gasteiger partial charge in [-0.3, -0.25) is 4.68 Å². The van der Waals surface area contributed by atoms with Gasteiger partial charge in [-0.25, -0.2) is 4.79 Å². The van der Waals surface area contributed by atoms with Crippen molar-refractivity contribution in [2.24, 2.45) is 0 Å². The molecule has 0 radical (unpaired) electrons. The van der Waals surface area contributed by atoms with Gasteiger partial charge >= 0.3 is 6.03 Å². The summed E-state index contributed by atoms with van der Waals surface area (Å²) < 4.78 is 2.18. The van der Waals surface area contributed by atoms with Crippen LogP contribution in [-0.4, -0.2) is 52.8 Å². The molecule has 0 spiro atoms. The number of hydrogen-bond acceptors (Lipinski definition) is 2. The third-order valence-corrected chi connectivity index (χ3v) is 4.48. The third-order valence-electron chi connectivity index (χ3n) is 4.48. The highest BCUT2D eigenvalue weighted by Gasteiger charge is 2.35. The molecule has 2 heterocycles. The Morgan fingerprint density at radius 3 is 2.26 bits per heavy atom. The average Bonchev–Trinajstić information content (AvgIpc) is 3.02. The van der Waals surface area contributed by atoms with Gasteiger partial charge in [-0.2, -0.15) is 5.10 Å². The molecule has 1 unspecified atom stereocenters. The number of nitrogens with zero attached hydrogens (tertiary/aromatic N) is 4. The molecule has 0 N–H and O–H groups in total. The second kappa shape index (κ2) is 5.84. The van der Waals surface area contributed by atoms with Crippen LogP contribution in [0.4, 0.5) is 4.79 Å². The first-order valence-electron chi connectivity index (χ1n) is 8.47. The summed E-state index contributed by atoms with van der Waals surface area (Å²) in [5.74, 6) is 0. The summed E-state index contributed by atoms with van der Waals surface area (Å²) in [6.07, 6.45) is 2.99. The van der Waals surface area contributed by atoms with Crippen LogP contribution in [-0.2, 0) is 10.8 Å². The zero-order chi connectivity index (χ0) is 17.6. The van der Waals surface area contributed by atoms with Crippen LogP contribution in [0.25, 0.3) is 0 Å². The minimum Gasteiger partial charge on any atom is -0.331 e. The number of amides is 2. The standard InChI is InChI=1S/C18H32N4O/c1-17(2,3)14-11-19-22(15(14)18(4,5)6)13-9-10-21(12-13)16(23)20(7)8/h11,13H,9-10,12H2,1-8H3. The Kier molecular flexibility index (Phi) is 4.53. The molecule has 23 heavy (non-hydrogen) atoms. The maximum absolute atomic E-state index is 12.2. The number of urea groups is 1. The van der Waals surface area contributed by atoms with E-state index in [-0.39, 0.29) is 22.9 Å². The fraction of sp³-hybridized carbons (Fsp3) is 0.778. The number of aromatic nitrogens is 2. The number of carbonyl (C=O) groups excluding carboxylic acids is 1. The largest absolute Gasteiger partial charge is 0.331 e. The molecule has 1 aromatic rings. The van der Waals surface area contributed by atoms with Crippen molar-refractivity contribution >= 4 is 6.03 Å². The van der Waals surface area contributed by atoms with Crippen LogP contribution in [0.3, 0.4) is 0 Å². The van der Waals surface area contributed by atoms with E-state index in [1.807, 2.05) is 25.2 Å². The molecular weight excluding hydrogens is 288 g/mol. The zero-order valence-electron chi connectivity index (χ0n) is 16.0. The summed E-state index contributed by atoms with van der Waals surface area (Å²) >= 11 is 0. The lowest BCUT2D eigenvalue weighted by atomic mass is 9.79. The molecule has 5 nitrogen and oxygen atoms in total. The normalized spacial score (nSPS) is 19.3. The van der Waals surface area contributed by atoms with Gasteiger partial charge in [-0.05, 0) is 17.4 Å². The first kappa shape index (κ1) is 17.8. The minimum absolute atomic E-state index is 0.0259. The van der Waals surface area contributed by atoms with Gasteiger partial charge < -0.3 is 9.80 Å². The van der Waals surface area contributed by atoms with E-state index in [0.29, 0.717) is 0 Å². The summed E-state index contributed by atoms with van der Waals surface area (Å²) in [5.41, 5.74) is 2.70. The molecule has 0 aromatic carbocycles. The summed E-state index contributed by atoms with van der Waals surface area (Å²) in [4.78, 5) is 15.8. The predicted molar refractivity (Wildman–Crippen MR) is 93.9 cm³/mol. The van der Waals surface area contributed by atoms with Gasteiger partial charge in [0.15, 0.2) is 0 Å². The van der Waals surface area contributed by atoms with Crippen molar-refractivity contribution < 1.29 is 4.79 Å². The van der Waals surface area contributed by atoms with Crippen LogP contribution >= 0.6 is 0 Å². The molecule has 1 aromatic heterocycles. The zero-order valence-corrected chi connectivity index (χ0v) is 16.0. The van der Waals surface area contributed by atoms with Crippen LogP contribution in [0, 0.1) is 0 Å². The van der Waals surface area contributed by atoms with Crippen molar-refractivity contribution in [2.75, 3.05) is 27.2 Å². The van der Waals surface area contributed by atoms with Gasteiger partial charge in [0.25, 0.3) is 0 Å². The second-order valence-corrected chi connectivity index (χ2v) is 8.92. The Bertz CT molecular complexity index is 575. The summed E-state index contributed by atoms with van der Waals surface area (Å²) in [7, 11) is 3.61. The minimum atomic E-state index is 0.0259. The lowest BCUT2D eigenvalue weighted by molar-refractivity contribution is 0.179. The fourth-order valence-electron chi connectivity index (χ4n) is 3.33. The molecule has 130 valence electrons. The summed E-state index contributed by atoms with van der Waals surface area (Å²) in [6.45, 7) is 15.0. The topological polar surface area (TPSA) is 41.4 Å². The van der Waals surface area contributed by atoms with Crippen molar-refractivity contribution in [1.82, 2.24) is 19.6 Å². The van der Waals surface area contributed by atoms with Gasteiger partial charge in [0.1, 0.15) is 0 Å². The maximum Gasteiger partial charge on any atom is 0.319 e. The molecule has 1 aliphatic rings. The Labute approximate surface area is 140 Å². The molecule has 1 aliphatic heterocycles. The molecule has 1 saturated heterocycles. The van der Waals surface area contributed by atoms with E-state index in [1.54, 1.807) is 4.90 Å². The van der Waals surface area contributed by atoms with Gasteiger partial charge in [0, 0.05) is 38.3 Å². The van der Waals surface area contributed by atoms with Crippen LogP contribution in [0.1, 0.15) is 65.3 Å². The van der Waals surface area contributed by atoms with Gasteiger partial charge in [0.2, 0.25) is 0 Å². The molecule has 5 heteroatoms.